The summed E-state index contributed by atoms with van der Waals surface area (Å²) in [6, 6.07) is 7.71. The zero-order valence-electron chi connectivity index (χ0n) is 11.8. The molecule has 1 aromatic heterocycles. The zero-order chi connectivity index (χ0) is 14.7. The molecule has 0 unspecified atom stereocenters. The molecule has 0 aliphatic carbocycles. The van der Waals surface area contributed by atoms with Crippen LogP contribution in [-0.4, -0.2) is 29.3 Å². The van der Waals surface area contributed by atoms with Gasteiger partial charge in [-0.3, -0.25) is 4.79 Å². The highest BCUT2D eigenvalue weighted by atomic mass is 16.5. The van der Waals surface area contributed by atoms with Crippen molar-refractivity contribution in [3.8, 4) is 11.5 Å². The lowest BCUT2D eigenvalue weighted by Crippen LogP contribution is -2.18. The fourth-order valence-corrected chi connectivity index (χ4v) is 2.25. The molecule has 21 heavy (non-hydrogen) atoms. The van der Waals surface area contributed by atoms with Crippen molar-refractivity contribution in [2.24, 2.45) is 0 Å². The molecular formula is C15H17N3O3. The van der Waals surface area contributed by atoms with E-state index in [1.165, 1.54) is 6.92 Å². The first kappa shape index (κ1) is 13.8. The van der Waals surface area contributed by atoms with E-state index in [0.717, 1.165) is 24.2 Å². The van der Waals surface area contributed by atoms with Crippen LogP contribution in [0.3, 0.4) is 0 Å². The van der Waals surface area contributed by atoms with Crippen LogP contribution in [-0.2, 0) is 16.1 Å². The van der Waals surface area contributed by atoms with Crippen LogP contribution >= 0.6 is 0 Å². The Balaban J connectivity index is 1.70. The molecule has 1 aliphatic heterocycles. The van der Waals surface area contributed by atoms with Crippen molar-refractivity contribution in [1.82, 2.24) is 15.5 Å². The third-order valence-corrected chi connectivity index (χ3v) is 3.48. The average molecular weight is 287 g/mol. The maximum Gasteiger partial charge on any atom is 0.257 e. The fraction of sp³-hybridized carbons (Fsp3) is 0.400. The lowest BCUT2D eigenvalue weighted by molar-refractivity contribution is -0.119. The van der Waals surface area contributed by atoms with Gasteiger partial charge in [-0.25, -0.2) is 0 Å². The van der Waals surface area contributed by atoms with E-state index in [0.29, 0.717) is 24.9 Å². The fourth-order valence-electron chi connectivity index (χ4n) is 2.25. The molecule has 2 heterocycles. The Morgan fingerprint density at radius 2 is 2.19 bits per heavy atom. The molecule has 0 spiro atoms. The van der Waals surface area contributed by atoms with Gasteiger partial charge in [0, 0.05) is 31.6 Å². The summed E-state index contributed by atoms with van der Waals surface area (Å²) in [5.74, 6) is 1.42. The molecule has 0 radical (unpaired) electrons. The molecule has 3 rings (SSSR count). The predicted molar refractivity (Wildman–Crippen MR) is 75.4 cm³/mol. The minimum atomic E-state index is -0.0422. The number of hydrogen-bond donors (Lipinski definition) is 1. The topological polar surface area (TPSA) is 77.2 Å². The smallest absolute Gasteiger partial charge is 0.257 e. The van der Waals surface area contributed by atoms with Gasteiger partial charge in [0.05, 0.1) is 6.61 Å². The summed E-state index contributed by atoms with van der Waals surface area (Å²) in [5.41, 5.74) is 1.90. The number of carbonyl (C=O) groups excluding carboxylic acids is 1. The van der Waals surface area contributed by atoms with E-state index >= 15 is 0 Å². The van der Waals surface area contributed by atoms with E-state index in [2.05, 4.69) is 15.5 Å². The Hall–Kier alpha value is -2.21. The average Bonchev–Trinajstić information content (AvgIpc) is 3.16. The summed E-state index contributed by atoms with van der Waals surface area (Å²) >= 11 is 0. The Morgan fingerprint density at radius 3 is 2.86 bits per heavy atom. The molecular weight excluding hydrogens is 270 g/mol. The number of nitrogens with zero attached hydrogens (tertiary/aromatic N) is 2. The zero-order valence-corrected chi connectivity index (χ0v) is 11.8. The summed E-state index contributed by atoms with van der Waals surface area (Å²) in [6.45, 7) is 3.44. The van der Waals surface area contributed by atoms with Gasteiger partial charge in [0.2, 0.25) is 5.91 Å². The number of carbonyl (C=O) groups is 1. The first-order chi connectivity index (χ1) is 10.2. The van der Waals surface area contributed by atoms with Gasteiger partial charge in [-0.15, -0.1) is 0 Å². The number of aromatic nitrogens is 2. The van der Waals surface area contributed by atoms with E-state index in [4.69, 9.17) is 9.26 Å². The normalized spacial score (nSPS) is 17.9. The van der Waals surface area contributed by atoms with Crippen LogP contribution in [0.2, 0.25) is 0 Å². The molecule has 1 aliphatic rings. The monoisotopic (exact) mass is 287 g/mol. The second kappa shape index (κ2) is 6.05. The molecule has 2 aromatic rings. The largest absolute Gasteiger partial charge is 0.381 e. The number of rotatable bonds is 4. The maximum atomic E-state index is 10.9. The van der Waals surface area contributed by atoms with Gasteiger partial charge in [0.1, 0.15) is 0 Å². The Labute approximate surface area is 122 Å². The van der Waals surface area contributed by atoms with Crippen molar-refractivity contribution in [2.75, 3.05) is 13.2 Å². The van der Waals surface area contributed by atoms with Gasteiger partial charge in [0.25, 0.3) is 5.89 Å². The predicted octanol–water partition coefficient (Wildman–Crippen LogP) is 1.88. The molecule has 0 saturated carbocycles. The Kier molecular flexibility index (Phi) is 3.96. The molecule has 1 amide bonds. The minimum Gasteiger partial charge on any atom is -0.381 e. The van der Waals surface area contributed by atoms with Crippen LogP contribution < -0.4 is 5.32 Å². The third-order valence-electron chi connectivity index (χ3n) is 3.48. The van der Waals surface area contributed by atoms with Crippen molar-refractivity contribution in [1.29, 1.82) is 0 Å². The van der Waals surface area contributed by atoms with Crippen molar-refractivity contribution in [3.63, 3.8) is 0 Å². The number of ether oxygens (including phenoxy) is 1. The second-order valence-corrected chi connectivity index (χ2v) is 5.12. The van der Waals surface area contributed by atoms with E-state index in [9.17, 15) is 4.79 Å². The van der Waals surface area contributed by atoms with E-state index in [1.54, 1.807) is 0 Å². The van der Waals surface area contributed by atoms with Crippen LogP contribution in [0.4, 0.5) is 0 Å². The molecule has 1 fully saturated rings. The second-order valence-electron chi connectivity index (χ2n) is 5.12. The van der Waals surface area contributed by atoms with Crippen LogP contribution in [0.25, 0.3) is 11.5 Å². The Morgan fingerprint density at radius 1 is 1.38 bits per heavy atom. The van der Waals surface area contributed by atoms with Gasteiger partial charge < -0.3 is 14.6 Å². The number of benzene rings is 1. The highest BCUT2D eigenvalue weighted by Crippen LogP contribution is 2.25. The first-order valence-electron chi connectivity index (χ1n) is 6.97. The van der Waals surface area contributed by atoms with Crippen molar-refractivity contribution in [3.05, 3.63) is 35.7 Å². The van der Waals surface area contributed by atoms with Crippen molar-refractivity contribution >= 4 is 5.91 Å². The Bertz CT molecular complexity index is 615. The lowest BCUT2D eigenvalue weighted by atomic mass is 10.1. The molecule has 6 heteroatoms. The van der Waals surface area contributed by atoms with E-state index < -0.39 is 0 Å². The van der Waals surface area contributed by atoms with Gasteiger partial charge in [-0.1, -0.05) is 17.3 Å². The van der Waals surface area contributed by atoms with Crippen LogP contribution in [0.5, 0.6) is 0 Å². The minimum absolute atomic E-state index is 0.0422. The van der Waals surface area contributed by atoms with Gasteiger partial charge >= 0.3 is 0 Å². The van der Waals surface area contributed by atoms with Crippen molar-refractivity contribution < 1.29 is 14.1 Å². The van der Waals surface area contributed by atoms with Crippen LogP contribution in [0.15, 0.2) is 28.8 Å². The molecule has 1 aromatic carbocycles. The summed E-state index contributed by atoms with van der Waals surface area (Å²) in [4.78, 5) is 15.3. The SMILES string of the molecule is CC(=O)NCc1ccc(-c2nc([C@H]3CCOC3)no2)cc1. The summed E-state index contributed by atoms with van der Waals surface area (Å²) in [6.07, 6.45) is 0.939. The first-order valence-corrected chi connectivity index (χ1v) is 6.97. The number of amides is 1. The number of hydrogen-bond acceptors (Lipinski definition) is 5. The van der Waals surface area contributed by atoms with Crippen LogP contribution in [0, 0.1) is 0 Å². The quantitative estimate of drug-likeness (QED) is 0.929. The molecule has 1 N–H and O–H groups in total. The van der Waals surface area contributed by atoms with Gasteiger partial charge in [-0.05, 0) is 24.1 Å². The molecule has 110 valence electrons. The van der Waals surface area contributed by atoms with Crippen LogP contribution in [0.1, 0.15) is 30.7 Å². The third kappa shape index (κ3) is 3.28. The van der Waals surface area contributed by atoms with E-state index in [-0.39, 0.29) is 11.8 Å². The summed E-state index contributed by atoms with van der Waals surface area (Å²) in [5, 5.41) is 6.79. The molecule has 0 bridgehead atoms. The summed E-state index contributed by atoms with van der Waals surface area (Å²) in [7, 11) is 0. The standard InChI is InChI=1S/C15H17N3O3/c1-10(19)16-8-11-2-4-12(5-3-11)15-17-14(18-21-15)13-6-7-20-9-13/h2-5,13H,6-9H2,1H3,(H,16,19)/t13-/m0/s1. The van der Waals surface area contributed by atoms with Crippen molar-refractivity contribution in [2.45, 2.75) is 25.8 Å². The molecule has 1 atom stereocenters. The highest BCUT2D eigenvalue weighted by molar-refractivity contribution is 5.72. The summed E-state index contributed by atoms with van der Waals surface area (Å²) < 4.78 is 10.6. The van der Waals surface area contributed by atoms with Gasteiger partial charge in [-0.2, -0.15) is 4.98 Å². The number of nitrogens with one attached hydrogen (secondary N) is 1. The maximum absolute atomic E-state index is 10.9. The lowest BCUT2D eigenvalue weighted by Gasteiger charge is -2.02. The van der Waals surface area contributed by atoms with Gasteiger partial charge in [0.15, 0.2) is 5.82 Å². The van der Waals surface area contributed by atoms with E-state index in [1.807, 2.05) is 24.3 Å². The molecule has 1 saturated heterocycles. The highest BCUT2D eigenvalue weighted by Gasteiger charge is 2.23. The molecule has 6 nitrogen and oxygen atoms in total.